The molecule has 0 saturated heterocycles. The highest BCUT2D eigenvalue weighted by Gasteiger charge is 2.31. The molecule has 0 saturated carbocycles. The first kappa shape index (κ1) is 18.9. The van der Waals surface area contributed by atoms with Gasteiger partial charge in [-0.1, -0.05) is 30.3 Å². The quantitative estimate of drug-likeness (QED) is 0.704. The summed E-state index contributed by atoms with van der Waals surface area (Å²) >= 11 is 0. The summed E-state index contributed by atoms with van der Waals surface area (Å²) in [5.74, 6) is 1.21. The monoisotopic (exact) mass is 391 g/mol. The van der Waals surface area contributed by atoms with E-state index >= 15 is 0 Å². The normalized spacial score (nSPS) is 15.5. The van der Waals surface area contributed by atoms with Crippen molar-refractivity contribution in [2.24, 2.45) is 0 Å². The van der Waals surface area contributed by atoms with E-state index in [2.05, 4.69) is 34.3 Å². The van der Waals surface area contributed by atoms with Gasteiger partial charge in [0.05, 0.1) is 20.3 Å². The summed E-state index contributed by atoms with van der Waals surface area (Å²) in [6, 6.07) is 19.7. The molecule has 2 aromatic carbocycles. The van der Waals surface area contributed by atoms with Crippen LogP contribution in [0.1, 0.15) is 17.3 Å². The van der Waals surface area contributed by atoms with Crippen molar-refractivity contribution in [3.05, 3.63) is 78.1 Å². The minimum absolute atomic E-state index is 0.0266. The number of carbonyl (C=O) groups excluding carboxylic acids is 1. The predicted molar refractivity (Wildman–Crippen MR) is 113 cm³/mol. The lowest BCUT2D eigenvalue weighted by Crippen LogP contribution is -2.44. The molecule has 6 heteroatoms. The van der Waals surface area contributed by atoms with E-state index in [0.29, 0.717) is 23.7 Å². The van der Waals surface area contributed by atoms with E-state index in [1.165, 1.54) is 5.56 Å². The maximum Gasteiger partial charge on any atom is 0.322 e. The number of aromatic nitrogens is 1. The van der Waals surface area contributed by atoms with Gasteiger partial charge in [0.2, 0.25) is 0 Å². The standard InChI is InChI=1S/C23H25N3O3/c1-28-21-11-10-18(16-22(21)29-2)24-23(27)26-14-13-25-12-6-9-19(25)20(26)15-17-7-4-3-5-8-17/h3-12,16,20H,13-15H2,1-2H3,(H,24,27)/t20-/m0/s1. The number of ether oxygens (including phenoxy) is 2. The Balaban J connectivity index is 1.58. The topological polar surface area (TPSA) is 55.7 Å². The van der Waals surface area contributed by atoms with Gasteiger partial charge in [-0.05, 0) is 36.2 Å². The number of amides is 2. The SMILES string of the molecule is COc1ccc(NC(=O)N2CCn3cccc3[C@@H]2Cc2ccccc2)cc1OC. The number of carbonyl (C=O) groups is 1. The third-order valence-corrected chi connectivity index (χ3v) is 5.33. The van der Waals surface area contributed by atoms with Crippen LogP contribution in [0.3, 0.4) is 0 Å². The average Bonchev–Trinajstić information content (AvgIpc) is 3.24. The molecule has 0 aliphatic carbocycles. The minimum atomic E-state index is -0.120. The van der Waals surface area contributed by atoms with Crippen molar-refractivity contribution < 1.29 is 14.3 Å². The number of nitrogens with one attached hydrogen (secondary N) is 1. The Hall–Kier alpha value is -3.41. The molecule has 2 amide bonds. The maximum absolute atomic E-state index is 13.2. The van der Waals surface area contributed by atoms with Crippen molar-refractivity contribution in [3.63, 3.8) is 0 Å². The molecule has 3 aromatic rings. The van der Waals surface area contributed by atoms with Crippen LogP contribution in [0.5, 0.6) is 11.5 Å². The summed E-state index contributed by atoms with van der Waals surface area (Å²) in [4.78, 5) is 15.1. The van der Waals surface area contributed by atoms with Crippen LogP contribution < -0.4 is 14.8 Å². The van der Waals surface area contributed by atoms with Crippen molar-refractivity contribution in [3.8, 4) is 11.5 Å². The van der Waals surface area contributed by atoms with E-state index in [4.69, 9.17) is 9.47 Å². The Morgan fingerprint density at radius 2 is 1.79 bits per heavy atom. The number of methoxy groups -OCH3 is 2. The molecular formula is C23H25N3O3. The molecule has 29 heavy (non-hydrogen) atoms. The number of urea groups is 1. The lowest BCUT2D eigenvalue weighted by Gasteiger charge is -2.37. The van der Waals surface area contributed by atoms with E-state index in [9.17, 15) is 4.79 Å². The van der Waals surface area contributed by atoms with Crippen molar-refractivity contribution in [2.45, 2.75) is 19.0 Å². The highest BCUT2D eigenvalue weighted by Crippen LogP contribution is 2.32. The number of nitrogens with zero attached hydrogens (tertiary/aromatic N) is 2. The molecule has 150 valence electrons. The molecular weight excluding hydrogens is 366 g/mol. The summed E-state index contributed by atoms with van der Waals surface area (Å²) in [5, 5.41) is 3.02. The first-order valence-corrected chi connectivity index (χ1v) is 9.68. The van der Waals surface area contributed by atoms with Gasteiger partial charge in [0.1, 0.15) is 0 Å². The van der Waals surface area contributed by atoms with E-state index < -0.39 is 0 Å². The Bertz CT molecular complexity index is 984. The molecule has 0 fully saturated rings. The van der Waals surface area contributed by atoms with E-state index in [1.54, 1.807) is 26.4 Å². The van der Waals surface area contributed by atoms with Crippen molar-refractivity contribution in [1.29, 1.82) is 0 Å². The Labute approximate surface area is 170 Å². The molecule has 0 unspecified atom stereocenters. The Kier molecular flexibility index (Phi) is 5.42. The summed E-state index contributed by atoms with van der Waals surface area (Å²) < 4.78 is 12.9. The highest BCUT2D eigenvalue weighted by molar-refractivity contribution is 5.90. The van der Waals surface area contributed by atoms with Crippen LogP contribution >= 0.6 is 0 Å². The van der Waals surface area contributed by atoms with Gasteiger partial charge in [-0.3, -0.25) is 0 Å². The molecule has 1 aliphatic heterocycles. The van der Waals surface area contributed by atoms with Gasteiger partial charge < -0.3 is 24.3 Å². The van der Waals surface area contributed by atoms with Gasteiger partial charge in [-0.15, -0.1) is 0 Å². The second kappa shape index (κ2) is 8.31. The fourth-order valence-electron chi connectivity index (χ4n) is 3.87. The third kappa shape index (κ3) is 3.92. The molecule has 1 atom stereocenters. The number of fused-ring (bicyclic) bond motifs is 1. The minimum Gasteiger partial charge on any atom is -0.493 e. The van der Waals surface area contributed by atoms with Gasteiger partial charge in [-0.25, -0.2) is 4.79 Å². The maximum atomic E-state index is 13.2. The van der Waals surface area contributed by atoms with Gasteiger partial charge >= 0.3 is 6.03 Å². The summed E-state index contributed by atoms with van der Waals surface area (Å²) in [5.41, 5.74) is 3.03. The summed E-state index contributed by atoms with van der Waals surface area (Å²) in [6.07, 6.45) is 2.85. The van der Waals surface area contributed by atoms with Crippen LogP contribution in [0.25, 0.3) is 0 Å². The second-order valence-corrected chi connectivity index (χ2v) is 7.03. The van der Waals surface area contributed by atoms with Crippen molar-refractivity contribution in [1.82, 2.24) is 9.47 Å². The van der Waals surface area contributed by atoms with Gasteiger partial charge in [-0.2, -0.15) is 0 Å². The molecule has 1 aromatic heterocycles. The number of hydrogen-bond acceptors (Lipinski definition) is 3. The number of hydrogen-bond donors (Lipinski definition) is 1. The Morgan fingerprint density at radius 3 is 2.55 bits per heavy atom. The summed E-state index contributed by atoms with van der Waals surface area (Å²) in [7, 11) is 3.17. The van der Waals surface area contributed by atoms with Gasteiger partial charge in [0.25, 0.3) is 0 Å². The third-order valence-electron chi connectivity index (χ3n) is 5.33. The molecule has 0 spiro atoms. The van der Waals surface area contributed by atoms with Gasteiger partial charge in [0.15, 0.2) is 11.5 Å². The fraction of sp³-hybridized carbons (Fsp3) is 0.261. The van der Waals surface area contributed by atoms with Crippen molar-refractivity contribution >= 4 is 11.7 Å². The van der Waals surface area contributed by atoms with E-state index in [0.717, 1.165) is 18.7 Å². The average molecular weight is 391 g/mol. The number of anilines is 1. The van der Waals surface area contributed by atoms with Gasteiger partial charge in [0, 0.05) is 36.7 Å². The number of rotatable bonds is 5. The zero-order valence-corrected chi connectivity index (χ0v) is 16.7. The van der Waals surface area contributed by atoms with Crippen molar-refractivity contribution in [2.75, 3.05) is 26.1 Å². The molecule has 4 rings (SSSR count). The van der Waals surface area contributed by atoms with Crippen LogP contribution in [0.2, 0.25) is 0 Å². The molecule has 0 bridgehead atoms. The molecule has 2 heterocycles. The lowest BCUT2D eigenvalue weighted by atomic mass is 10.0. The summed E-state index contributed by atoms with van der Waals surface area (Å²) in [6.45, 7) is 1.44. The molecule has 1 N–H and O–H groups in total. The largest absolute Gasteiger partial charge is 0.493 e. The van der Waals surface area contributed by atoms with E-state index in [1.807, 2.05) is 35.2 Å². The smallest absolute Gasteiger partial charge is 0.322 e. The van der Waals surface area contributed by atoms with E-state index in [-0.39, 0.29) is 12.1 Å². The number of benzene rings is 2. The fourth-order valence-corrected chi connectivity index (χ4v) is 3.87. The highest BCUT2D eigenvalue weighted by atomic mass is 16.5. The Morgan fingerprint density at radius 1 is 1.00 bits per heavy atom. The van der Waals surface area contributed by atoms with Crippen LogP contribution in [-0.2, 0) is 13.0 Å². The molecule has 6 nitrogen and oxygen atoms in total. The van der Waals surface area contributed by atoms with Crippen LogP contribution in [0.15, 0.2) is 66.9 Å². The van der Waals surface area contributed by atoms with Crippen LogP contribution in [0.4, 0.5) is 10.5 Å². The molecule has 0 radical (unpaired) electrons. The van der Waals surface area contributed by atoms with Crippen LogP contribution in [0, 0.1) is 0 Å². The predicted octanol–water partition coefficient (Wildman–Crippen LogP) is 4.34. The first-order chi connectivity index (χ1) is 14.2. The second-order valence-electron chi connectivity index (χ2n) is 7.03. The van der Waals surface area contributed by atoms with Crippen LogP contribution in [-0.4, -0.2) is 36.3 Å². The molecule has 1 aliphatic rings. The first-order valence-electron chi connectivity index (χ1n) is 9.68. The lowest BCUT2D eigenvalue weighted by molar-refractivity contribution is 0.167. The zero-order valence-electron chi connectivity index (χ0n) is 16.7. The zero-order chi connectivity index (χ0) is 20.2.